The molecule has 1 saturated heterocycles. The van der Waals surface area contributed by atoms with Gasteiger partial charge in [-0.3, -0.25) is 0 Å². The molecule has 1 aliphatic heterocycles. The van der Waals surface area contributed by atoms with Crippen LogP contribution in [0, 0.1) is 23.7 Å². The smallest absolute Gasteiger partial charge is 0.0227 e. The Kier molecular flexibility index (Phi) is 6.62. The molecule has 0 unspecified atom stereocenters. The molecule has 17 heavy (non-hydrogen) atoms. The minimum Gasteiger partial charge on any atom is -0.305 e. The molecule has 2 heteroatoms. The Morgan fingerprint density at radius 1 is 1.29 bits per heavy atom. The van der Waals surface area contributed by atoms with Crippen molar-refractivity contribution >= 4 is 0 Å². The Morgan fingerprint density at radius 2 is 1.94 bits per heavy atom. The van der Waals surface area contributed by atoms with Gasteiger partial charge in [-0.25, -0.2) is 0 Å². The van der Waals surface area contributed by atoms with Gasteiger partial charge < -0.3 is 9.80 Å². The van der Waals surface area contributed by atoms with E-state index in [0.717, 1.165) is 5.92 Å². The van der Waals surface area contributed by atoms with Crippen LogP contribution in [0.5, 0.6) is 0 Å². The summed E-state index contributed by atoms with van der Waals surface area (Å²) in [6.45, 7) is 12.6. The fourth-order valence-electron chi connectivity index (χ4n) is 2.53. The quantitative estimate of drug-likeness (QED) is 0.676. The van der Waals surface area contributed by atoms with Crippen LogP contribution in [0.15, 0.2) is 0 Å². The molecule has 1 aliphatic rings. The van der Waals surface area contributed by atoms with Crippen molar-refractivity contribution < 1.29 is 0 Å². The molecule has 0 spiro atoms. The summed E-state index contributed by atoms with van der Waals surface area (Å²) in [5.74, 6) is 7.78. The van der Waals surface area contributed by atoms with Gasteiger partial charge in [0.05, 0.1) is 0 Å². The first-order valence-corrected chi connectivity index (χ1v) is 6.95. The van der Waals surface area contributed by atoms with E-state index >= 15 is 0 Å². The molecule has 0 bridgehead atoms. The molecule has 0 saturated carbocycles. The largest absolute Gasteiger partial charge is 0.305 e. The fraction of sp³-hybridized carbons (Fsp3) is 0.867. The van der Waals surface area contributed by atoms with Crippen LogP contribution in [0.3, 0.4) is 0 Å². The molecule has 0 radical (unpaired) electrons. The molecule has 0 aromatic carbocycles. The maximum absolute atomic E-state index is 3.31. The number of hydrogen-bond donors (Lipinski definition) is 0. The third-order valence-electron chi connectivity index (χ3n) is 3.41. The summed E-state index contributed by atoms with van der Waals surface area (Å²) in [6, 6.07) is 0. The van der Waals surface area contributed by atoms with Crippen molar-refractivity contribution in [2.45, 2.75) is 33.6 Å². The maximum atomic E-state index is 3.31. The first-order chi connectivity index (χ1) is 8.11. The van der Waals surface area contributed by atoms with Crippen molar-refractivity contribution in [3.05, 3.63) is 0 Å². The highest BCUT2D eigenvalue weighted by atomic mass is 15.2. The molecule has 2 nitrogen and oxygen atoms in total. The summed E-state index contributed by atoms with van der Waals surface area (Å²) in [5, 5.41) is 0. The minimum absolute atomic E-state index is 0.657. The zero-order valence-corrected chi connectivity index (χ0v) is 12.0. The summed E-state index contributed by atoms with van der Waals surface area (Å²) in [6.07, 6.45) is 2.52. The van der Waals surface area contributed by atoms with E-state index in [0.29, 0.717) is 5.92 Å². The normalized spacial score (nSPS) is 18.5. The van der Waals surface area contributed by atoms with Crippen LogP contribution in [0.4, 0.5) is 0 Å². The van der Waals surface area contributed by atoms with Crippen molar-refractivity contribution in [1.82, 2.24) is 9.80 Å². The predicted molar refractivity (Wildman–Crippen MR) is 74.9 cm³/mol. The maximum Gasteiger partial charge on any atom is 0.0227 e. The molecular formula is C15H28N2. The first-order valence-electron chi connectivity index (χ1n) is 6.95. The van der Waals surface area contributed by atoms with Crippen molar-refractivity contribution in [2.75, 3.05) is 39.8 Å². The number of likely N-dealkylation sites (tertiary alicyclic amines) is 1. The van der Waals surface area contributed by atoms with Crippen LogP contribution in [0.25, 0.3) is 0 Å². The topological polar surface area (TPSA) is 6.48 Å². The van der Waals surface area contributed by atoms with Gasteiger partial charge in [0, 0.05) is 25.6 Å². The summed E-state index contributed by atoms with van der Waals surface area (Å²) in [4.78, 5) is 5.03. The lowest BCUT2D eigenvalue weighted by atomic mass is 9.97. The van der Waals surface area contributed by atoms with E-state index in [-0.39, 0.29) is 0 Å². The second-order valence-electron chi connectivity index (χ2n) is 5.67. The number of rotatable bonds is 5. The number of piperidine rings is 1. The van der Waals surface area contributed by atoms with Gasteiger partial charge in [-0.05, 0) is 45.8 Å². The molecule has 0 aromatic heterocycles. The van der Waals surface area contributed by atoms with Gasteiger partial charge in [-0.15, -0.1) is 11.8 Å². The molecule has 1 heterocycles. The fourth-order valence-corrected chi connectivity index (χ4v) is 2.53. The third kappa shape index (κ3) is 6.10. The van der Waals surface area contributed by atoms with E-state index < -0.39 is 0 Å². The molecule has 1 fully saturated rings. The highest BCUT2D eigenvalue weighted by Crippen LogP contribution is 2.15. The average molecular weight is 236 g/mol. The van der Waals surface area contributed by atoms with Crippen LogP contribution in [0.1, 0.15) is 33.6 Å². The zero-order chi connectivity index (χ0) is 12.7. The second-order valence-corrected chi connectivity index (χ2v) is 5.67. The number of hydrogen-bond acceptors (Lipinski definition) is 2. The zero-order valence-electron chi connectivity index (χ0n) is 12.0. The van der Waals surface area contributed by atoms with Gasteiger partial charge >= 0.3 is 0 Å². The summed E-state index contributed by atoms with van der Waals surface area (Å²) in [5.41, 5.74) is 0. The monoisotopic (exact) mass is 236 g/mol. The Balaban J connectivity index is 2.15. The van der Waals surface area contributed by atoms with Gasteiger partial charge in [0.2, 0.25) is 0 Å². The Bertz CT molecular complexity index is 254. The van der Waals surface area contributed by atoms with E-state index in [4.69, 9.17) is 0 Å². The van der Waals surface area contributed by atoms with Crippen LogP contribution in [-0.4, -0.2) is 49.6 Å². The standard InChI is InChI=1S/C15H28N2/c1-5-6-15-7-9-17(10-8-15)12-11-16(4)13-14(2)3/h14-15H,7-13H2,1-4H3. The summed E-state index contributed by atoms with van der Waals surface area (Å²) < 4.78 is 0. The lowest BCUT2D eigenvalue weighted by molar-refractivity contribution is 0.175. The van der Waals surface area contributed by atoms with Crippen LogP contribution < -0.4 is 0 Å². The molecule has 0 N–H and O–H groups in total. The number of nitrogens with zero attached hydrogens (tertiary/aromatic N) is 2. The lowest BCUT2D eigenvalue weighted by Crippen LogP contribution is -2.39. The van der Waals surface area contributed by atoms with Crippen molar-refractivity contribution in [3.63, 3.8) is 0 Å². The van der Waals surface area contributed by atoms with E-state index in [1.165, 1.54) is 45.6 Å². The number of likely N-dealkylation sites (N-methyl/N-ethyl adjacent to an activating group) is 1. The van der Waals surface area contributed by atoms with E-state index in [2.05, 4.69) is 42.5 Å². The van der Waals surface area contributed by atoms with Gasteiger partial charge in [0.25, 0.3) is 0 Å². The summed E-state index contributed by atoms with van der Waals surface area (Å²) >= 11 is 0. The molecular weight excluding hydrogens is 208 g/mol. The average Bonchev–Trinajstić information content (AvgIpc) is 2.28. The second kappa shape index (κ2) is 7.74. The lowest BCUT2D eigenvalue weighted by Gasteiger charge is -2.31. The molecule has 0 aromatic rings. The Morgan fingerprint density at radius 3 is 2.47 bits per heavy atom. The van der Waals surface area contributed by atoms with E-state index in [1.54, 1.807) is 0 Å². The van der Waals surface area contributed by atoms with Gasteiger partial charge in [-0.2, -0.15) is 0 Å². The van der Waals surface area contributed by atoms with E-state index in [1.807, 2.05) is 6.92 Å². The van der Waals surface area contributed by atoms with Gasteiger partial charge in [0.15, 0.2) is 0 Å². The molecule has 98 valence electrons. The first kappa shape index (κ1) is 14.5. The summed E-state index contributed by atoms with van der Waals surface area (Å²) in [7, 11) is 2.23. The van der Waals surface area contributed by atoms with Crippen LogP contribution in [0.2, 0.25) is 0 Å². The van der Waals surface area contributed by atoms with Gasteiger partial charge in [0.1, 0.15) is 0 Å². The van der Waals surface area contributed by atoms with Crippen molar-refractivity contribution in [2.24, 2.45) is 11.8 Å². The van der Waals surface area contributed by atoms with Crippen LogP contribution in [-0.2, 0) is 0 Å². The molecule has 0 amide bonds. The third-order valence-corrected chi connectivity index (χ3v) is 3.41. The van der Waals surface area contributed by atoms with Crippen molar-refractivity contribution in [3.8, 4) is 11.8 Å². The molecule has 1 rings (SSSR count). The Labute approximate surface area is 107 Å². The minimum atomic E-state index is 0.657. The highest BCUT2D eigenvalue weighted by Gasteiger charge is 2.17. The molecule has 0 atom stereocenters. The highest BCUT2D eigenvalue weighted by molar-refractivity contribution is 5.02. The Hall–Kier alpha value is -0.520. The van der Waals surface area contributed by atoms with Crippen LogP contribution >= 0.6 is 0 Å². The van der Waals surface area contributed by atoms with Crippen molar-refractivity contribution in [1.29, 1.82) is 0 Å². The molecule has 0 aliphatic carbocycles. The SMILES string of the molecule is CC#CC1CCN(CCN(C)CC(C)C)CC1. The van der Waals surface area contributed by atoms with Gasteiger partial charge in [-0.1, -0.05) is 13.8 Å². The van der Waals surface area contributed by atoms with E-state index in [9.17, 15) is 0 Å². The predicted octanol–water partition coefficient (Wildman–Crippen LogP) is 2.31.